The summed E-state index contributed by atoms with van der Waals surface area (Å²) in [5.74, 6) is 1.72. The maximum Gasteiger partial charge on any atom is 0.169 e. The number of hydrogen-bond donors (Lipinski definition) is 1. The summed E-state index contributed by atoms with van der Waals surface area (Å²) in [6.07, 6.45) is 0. The average Bonchev–Trinajstić information content (AvgIpc) is 2.78. The van der Waals surface area contributed by atoms with Gasteiger partial charge in [-0.2, -0.15) is 0 Å². The number of methoxy groups -OCH3 is 1. The third-order valence-electron chi connectivity index (χ3n) is 2.75. The fourth-order valence-electron chi connectivity index (χ4n) is 1.78. The molecule has 2 aromatic rings. The van der Waals surface area contributed by atoms with Crippen LogP contribution in [0.1, 0.15) is 24.3 Å². The van der Waals surface area contributed by atoms with Gasteiger partial charge < -0.3 is 14.5 Å². The van der Waals surface area contributed by atoms with Crippen molar-refractivity contribution in [2.45, 2.75) is 19.9 Å². The lowest BCUT2D eigenvalue weighted by Gasteiger charge is -2.16. The van der Waals surface area contributed by atoms with E-state index in [0.29, 0.717) is 0 Å². The number of ether oxygens (including phenoxy) is 1. The lowest BCUT2D eigenvalue weighted by Crippen LogP contribution is -2.06. The van der Waals surface area contributed by atoms with Gasteiger partial charge in [-0.15, -0.1) is 0 Å². The van der Waals surface area contributed by atoms with Crippen LogP contribution in [0.2, 0.25) is 0 Å². The van der Waals surface area contributed by atoms with E-state index in [1.165, 1.54) is 5.56 Å². The van der Waals surface area contributed by atoms with E-state index >= 15 is 0 Å². The summed E-state index contributed by atoms with van der Waals surface area (Å²) < 4.78 is 11.6. The first kappa shape index (κ1) is 13.0. The van der Waals surface area contributed by atoms with Crippen molar-refractivity contribution in [1.29, 1.82) is 0 Å². The number of benzene rings is 1. The van der Waals surface area contributed by atoms with Crippen molar-refractivity contribution in [2.75, 3.05) is 12.4 Å². The molecule has 0 saturated heterocycles. The Balaban J connectivity index is 2.18. The molecule has 18 heavy (non-hydrogen) atoms. The molecule has 3 nitrogen and oxygen atoms in total. The quantitative estimate of drug-likeness (QED) is 0.901. The van der Waals surface area contributed by atoms with Crippen LogP contribution in [0.3, 0.4) is 0 Å². The topological polar surface area (TPSA) is 34.4 Å². The predicted molar refractivity (Wildman–Crippen MR) is 76.2 cm³/mol. The fraction of sp³-hybridized carbons (Fsp3) is 0.286. The van der Waals surface area contributed by atoms with Gasteiger partial charge in [0.05, 0.1) is 18.8 Å². The molecular weight excluding hydrogens is 294 g/mol. The predicted octanol–water partition coefficient (Wildman–Crippen LogP) is 4.53. The minimum absolute atomic E-state index is 0.0768. The van der Waals surface area contributed by atoms with Crippen LogP contribution >= 0.6 is 15.9 Å². The van der Waals surface area contributed by atoms with Crippen molar-refractivity contribution in [3.63, 3.8) is 0 Å². The second-order valence-electron chi connectivity index (χ2n) is 4.21. The summed E-state index contributed by atoms with van der Waals surface area (Å²) in [6, 6.07) is 9.99. The molecule has 1 atom stereocenters. The maximum atomic E-state index is 5.53. The van der Waals surface area contributed by atoms with Gasteiger partial charge in [0.15, 0.2) is 4.67 Å². The Bertz CT molecular complexity index is 536. The SMILES string of the molecule is COc1cc(C)ccc1NC(C)c1ccc(Br)o1. The van der Waals surface area contributed by atoms with Crippen LogP contribution in [-0.4, -0.2) is 7.11 Å². The standard InChI is InChI=1S/C14H16BrNO2/c1-9-4-5-11(13(8-9)17-3)16-10(2)12-6-7-14(15)18-12/h4-8,10,16H,1-3H3. The van der Waals surface area contributed by atoms with Gasteiger partial charge in [-0.3, -0.25) is 0 Å². The lowest BCUT2D eigenvalue weighted by molar-refractivity contribution is 0.414. The van der Waals surface area contributed by atoms with E-state index in [9.17, 15) is 0 Å². The van der Waals surface area contributed by atoms with Crippen molar-refractivity contribution in [3.05, 3.63) is 46.3 Å². The highest BCUT2D eigenvalue weighted by Crippen LogP contribution is 2.30. The smallest absolute Gasteiger partial charge is 0.169 e. The first-order chi connectivity index (χ1) is 8.60. The zero-order chi connectivity index (χ0) is 13.1. The molecule has 1 aromatic carbocycles. The van der Waals surface area contributed by atoms with E-state index in [-0.39, 0.29) is 6.04 Å². The molecule has 96 valence electrons. The molecule has 1 heterocycles. The summed E-state index contributed by atoms with van der Waals surface area (Å²) in [5.41, 5.74) is 2.13. The summed E-state index contributed by atoms with van der Waals surface area (Å²) >= 11 is 3.30. The van der Waals surface area contributed by atoms with Crippen molar-refractivity contribution >= 4 is 21.6 Å². The van der Waals surface area contributed by atoms with Crippen molar-refractivity contribution in [1.82, 2.24) is 0 Å². The Hall–Kier alpha value is -1.42. The van der Waals surface area contributed by atoms with Gasteiger partial charge in [-0.25, -0.2) is 0 Å². The molecule has 4 heteroatoms. The zero-order valence-corrected chi connectivity index (χ0v) is 12.2. The molecule has 0 aliphatic rings. The van der Waals surface area contributed by atoms with Gasteiger partial charge in [-0.1, -0.05) is 6.07 Å². The van der Waals surface area contributed by atoms with Gasteiger partial charge >= 0.3 is 0 Å². The van der Waals surface area contributed by atoms with Gasteiger partial charge in [0.2, 0.25) is 0 Å². The Morgan fingerprint density at radius 1 is 1.28 bits per heavy atom. The van der Waals surface area contributed by atoms with Crippen LogP contribution in [0.5, 0.6) is 5.75 Å². The Kier molecular flexibility index (Phi) is 3.97. The van der Waals surface area contributed by atoms with Crippen LogP contribution in [0.25, 0.3) is 0 Å². The monoisotopic (exact) mass is 309 g/mol. The van der Waals surface area contributed by atoms with Crippen molar-refractivity contribution in [3.8, 4) is 5.75 Å². The number of rotatable bonds is 4. The summed E-state index contributed by atoms with van der Waals surface area (Å²) in [7, 11) is 1.67. The van der Waals surface area contributed by atoms with Gasteiger partial charge in [-0.05, 0) is 59.6 Å². The Morgan fingerprint density at radius 3 is 2.67 bits per heavy atom. The molecule has 0 bridgehead atoms. The molecule has 0 radical (unpaired) electrons. The molecule has 0 spiro atoms. The molecule has 0 amide bonds. The Labute approximate surface area is 115 Å². The summed E-state index contributed by atoms with van der Waals surface area (Å²) in [6.45, 7) is 4.09. The van der Waals surface area contributed by atoms with Crippen LogP contribution in [0, 0.1) is 6.92 Å². The van der Waals surface area contributed by atoms with Gasteiger partial charge in [0.1, 0.15) is 11.5 Å². The number of nitrogens with one attached hydrogen (secondary N) is 1. The third kappa shape index (κ3) is 2.88. The van der Waals surface area contributed by atoms with Crippen LogP contribution < -0.4 is 10.1 Å². The summed E-state index contributed by atoms with van der Waals surface area (Å²) in [5, 5.41) is 3.38. The zero-order valence-electron chi connectivity index (χ0n) is 10.7. The number of aryl methyl sites for hydroxylation is 1. The van der Waals surface area contributed by atoms with Crippen LogP contribution in [0.15, 0.2) is 39.4 Å². The molecule has 2 rings (SSSR count). The van der Waals surface area contributed by atoms with Crippen molar-refractivity contribution in [2.24, 2.45) is 0 Å². The van der Waals surface area contributed by atoms with Crippen molar-refractivity contribution < 1.29 is 9.15 Å². The highest BCUT2D eigenvalue weighted by Gasteiger charge is 2.12. The normalized spacial score (nSPS) is 12.2. The van der Waals surface area contributed by atoms with E-state index in [4.69, 9.17) is 9.15 Å². The van der Waals surface area contributed by atoms with Crippen LogP contribution in [-0.2, 0) is 0 Å². The van der Waals surface area contributed by atoms with E-state index in [1.807, 2.05) is 38.1 Å². The van der Waals surface area contributed by atoms with E-state index in [0.717, 1.165) is 21.9 Å². The highest BCUT2D eigenvalue weighted by molar-refractivity contribution is 9.10. The largest absolute Gasteiger partial charge is 0.495 e. The van der Waals surface area contributed by atoms with E-state index in [1.54, 1.807) is 7.11 Å². The minimum atomic E-state index is 0.0768. The second kappa shape index (κ2) is 5.48. The van der Waals surface area contributed by atoms with Crippen LogP contribution in [0.4, 0.5) is 5.69 Å². The number of furan rings is 1. The number of anilines is 1. The molecule has 0 aliphatic heterocycles. The van der Waals surface area contributed by atoms with E-state index < -0.39 is 0 Å². The summed E-state index contributed by atoms with van der Waals surface area (Å²) in [4.78, 5) is 0. The third-order valence-corrected chi connectivity index (χ3v) is 3.18. The van der Waals surface area contributed by atoms with Gasteiger partial charge in [0, 0.05) is 0 Å². The first-order valence-electron chi connectivity index (χ1n) is 5.76. The molecule has 0 saturated carbocycles. The maximum absolute atomic E-state index is 5.53. The minimum Gasteiger partial charge on any atom is -0.495 e. The molecule has 0 aliphatic carbocycles. The molecule has 1 N–H and O–H groups in total. The fourth-order valence-corrected chi connectivity index (χ4v) is 2.10. The average molecular weight is 310 g/mol. The molecule has 1 unspecified atom stereocenters. The Morgan fingerprint density at radius 2 is 2.06 bits per heavy atom. The molecule has 1 aromatic heterocycles. The molecular formula is C14H16BrNO2. The number of halogens is 1. The highest BCUT2D eigenvalue weighted by atomic mass is 79.9. The van der Waals surface area contributed by atoms with E-state index in [2.05, 4.69) is 27.3 Å². The van der Waals surface area contributed by atoms with Gasteiger partial charge in [0.25, 0.3) is 0 Å². The second-order valence-corrected chi connectivity index (χ2v) is 4.99. The molecule has 0 fully saturated rings. The first-order valence-corrected chi connectivity index (χ1v) is 6.56. The lowest BCUT2D eigenvalue weighted by atomic mass is 10.2. The number of hydrogen-bond acceptors (Lipinski definition) is 3.